The average Bonchev–Trinajstić information content (AvgIpc) is 2.81. The van der Waals surface area contributed by atoms with E-state index in [-0.39, 0.29) is 23.9 Å². The van der Waals surface area contributed by atoms with Crippen molar-refractivity contribution in [1.29, 1.82) is 0 Å². The van der Waals surface area contributed by atoms with E-state index in [0.29, 0.717) is 24.2 Å². The van der Waals surface area contributed by atoms with Crippen molar-refractivity contribution in [3.8, 4) is 0 Å². The van der Waals surface area contributed by atoms with Crippen LogP contribution in [-0.2, 0) is 9.47 Å². The third kappa shape index (κ3) is 2.77. The first-order valence-corrected chi connectivity index (χ1v) is 6.17. The highest BCUT2D eigenvalue weighted by molar-refractivity contribution is 5.95. The van der Waals surface area contributed by atoms with Gasteiger partial charge >= 0.3 is 0 Å². The van der Waals surface area contributed by atoms with Crippen molar-refractivity contribution in [2.45, 2.75) is 19.1 Å². The molecule has 5 heteroatoms. The summed E-state index contributed by atoms with van der Waals surface area (Å²) >= 11 is 0. The Kier molecular flexibility index (Phi) is 4.17. The molecule has 19 heavy (non-hydrogen) atoms. The zero-order chi connectivity index (χ0) is 14.0. The molecule has 2 rings (SSSR count). The summed E-state index contributed by atoms with van der Waals surface area (Å²) in [5.74, 6) is -0.445. The SMILES string of the molecule is COC1CN(C(=O)c2ccc(F)cc2C)CC1OC. The summed E-state index contributed by atoms with van der Waals surface area (Å²) in [6.45, 7) is 2.71. The number of aryl methyl sites for hydroxylation is 1. The molecule has 0 N–H and O–H groups in total. The van der Waals surface area contributed by atoms with E-state index in [1.54, 1.807) is 26.0 Å². The largest absolute Gasteiger partial charge is 0.377 e. The second-order valence-corrected chi connectivity index (χ2v) is 4.72. The molecule has 1 aliphatic heterocycles. The topological polar surface area (TPSA) is 38.8 Å². The summed E-state index contributed by atoms with van der Waals surface area (Å²) in [4.78, 5) is 14.1. The predicted molar refractivity (Wildman–Crippen MR) is 68.6 cm³/mol. The minimum absolute atomic E-state index is 0.112. The lowest BCUT2D eigenvalue weighted by Gasteiger charge is -2.17. The number of hydrogen-bond acceptors (Lipinski definition) is 3. The van der Waals surface area contributed by atoms with Crippen molar-refractivity contribution < 1.29 is 18.7 Å². The summed E-state index contributed by atoms with van der Waals surface area (Å²) in [5, 5.41) is 0. The van der Waals surface area contributed by atoms with Gasteiger partial charge in [0.05, 0.1) is 0 Å². The van der Waals surface area contributed by atoms with Crippen LogP contribution in [0.2, 0.25) is 0 Å². The third-order valence-electron chi connectivity index (χ3n) is 3.53. The number of hydrogen-bond donors (Lipinski definition) is 0. The lowest BCUT2D eigenvalue weighted by Crippen LogP contribution is -2.30. The molecule has 1 aromatic carbocycles. The van der Waals surface area contributed by atoms with Gasteiger partial charge in [0.2, 0.25) is 0 Å². The molecule has 1 fully saturated rings. The lowest BCUT2D eigenvalue weighted by molar-refractivity contribution is -0.00461. The minimum Gasteiger partial charge on any atom is -0.377 e. The fourth-order valence-corrected chi connectivity index (χ4v) is 2.40. The van der Waals surface area contributed by atoms with Crippen LogP contribution in [0.25, 0.3) is 0 Å². The number of halogens is 1. The van der Waals surface area contributed by atoms with Crippen molar-refractivity contribution in [2.75, 3.05) is 27.3 Å². The van der Waals surface area contributed by atoms with Gasteiger partial charge in [0.1, 0.15) is 18.0 Å². The van der Waals surface area contributed by atoms with Crippen LogP contribution < -0.4 is 0 Å². The molecular weight excluding hydrogens is 249 g/mol. The van der Waals surface area contributed by atoms with Gasteiger partial charge in [0.25, 0.3) is 5.91 Å². The van der Waals surface area contributed by atoms with Gasteiger partial charge in [-0.25, -0.2) is 4.39 Å². The maximum absolute atomic E-state index is 13.1. The molecular formula is C14H18FNO3. The van der Waals surface area contributed by atoms with Crippen LogP contribution in [0.15, 0.2) is 18.2 Å². The van der Waals surface area contributed by atoms with Crippen LogP contribution in [0.1, 0.15) is 15.9 Å². The molecule has 1 aliphatic rings. The molecule has 1 aromatic rings. The van der Waals surface area contributed by atoms with E-state index in [0.717, 1.165) is 0 Å². The summed E-state index contributed by atoms with van der Waals surface area (Å²) in [5.41, 5.74) is 1.16. The Morgan fingerprint density at radius 1 is 1.26 bits per heavy atom. The summed E-state index contributed by atoms with van der Waals surface area (Å²) in [6.07, 6.45) is -0.232. The van der Waals surface area contributed by atoms with Crippen LogP contribution in [-0.4, -0.2) is 50.3 Å². The van der Waals surface area contributed by atoms with Crippen molar-refractivity contribution in [2.24, 2.45) is 0 Å². The first-order valence-electron chi connectivity index (χ1n) is 6.17. The number of methoxy groups -OCH3 is 2. The molecule has 1 saturated heterocycles. The van der Waals surface area contributed by atoms with Gasteiger partial charge in [-0.05, 0) is 30.7 Å². The molecule has 0 saturated carbocycles. The van der Waals surface area contributed by atoms with E-state index >= 15 is 0 Å². The Balaban J connectivity index is 2.17. The Hall–Kier alpha value is -1.46. The van der Waals surface area contributed by atoms with Crippen molar-refractivity contribution in [1.82, 2.24) is 4.90 Å². The number of carbonyl (C=O) groups excluding carboxylic acids is 1. The fraction of sp³-hybridized carbons (Fsp3) is 0.500. The molecule has 0 aromatic heterocycles. The summed E-state index contributed by atoms with van der Waals surface area (Å²) in [6, 6.07) is 4.19. The summed E-state index contributed by atoms with van der Waals surface area (Å²) < 4.78 is 23.7. The number of nitrogens with zero attached hydrogens (tertiary/aromatic N) is 1. The summed E-state index contributed by atoms with van der Waals surface area (Å²) in [7, 11) is 3.21. The van der Waals surface area contributed by atoms with Crippen LogP contribution in [0.5, 0.6) is 0 Å². The quantitative estimate of drug-likeness (QED) is 0.835. The van der Waals surface area contributed by atoms with Crippen molar-refractivity contribution in [3.63, 3.8) is 0 Å². The van der Waals surface area contributed by atoms with Crippen LogP contribution in [0.3, 0.4) is 0 Å². The molecule has 2 atom stereocenters. The number of benzene rings is 1. The highest BCUT2D eigenvalue weighted by Gasteiger charge is 2.36. The zero-order valence-electron chi connectivity index (χ0n) is 11.4. The molecule has 0 radical (unpaired) electrons. The Bertz CT molecular complexity index is 466. The standard InChI is InChI=1S/C14H18FNO3/c1-9-6-10(15)4-5-11(9)14(17)16-7-12(18-2)13(8-16)19-3/h4-6,12-13H,7-8H2,1-3H3. The highest BCUT2D eigenvalue weighted by Crippen LogP contribution is 2.20. The number of ether oxygens (including phenoxy) is 2. The molecule has 0 bridgehead atoms. The first-order chi connectivity index (χ1) is 9.06. The number of rotatable bonds is 3. The van der Waals surface area contributed by atoms with E-state index in [2.05, 4.69) is 0 Å². The van der Waals surface area contributed by atoms with Crippen LogP contribution in [0, 0.1) is 12.7 Å². The second-order valence-electron chi connectivity index (χ2n) is 4.72. The van der Waals surface area contributed by atoms with Crippen molar-refractivity contribution >= 4 is 5.91 Å². The van der Waals surface area contributed by atoms with Crippen molar-refractivity contribution in [3.05, 3.63) is 35.1 Å². The maximum Gasteiger partial charge on any atom is 0.254 e. The molecule has 1 heterocycles. The molecule has 104 valence electrons. The second kappa shape index (κ2) is 5.67. The van der Waals surface area contributed by atoms with Crippen LogP contribution in [0.4, 0.5) is 4.39 Å². The van der Waals surface area contributed by atoms with E-state index in [1.165, 1.54) is 18.2 Å². The smallest absolute Gasteiger partial charge is 0.254 e. The predicted octanol–water partition coefficient (Wildman–Crippen LogP) is 1.62. The Labute approximate surface area is 112 Å². The van der Waals surface area contributed by atoms with Gasteiger partial charge in [0.15, 0.2) is 0 Å². The molecule has 4 nitrogen and oxygen atoms in total. The van der Waals surface area contributed by atoms with Gasteiger partial charge in [0, 0.05) is 32.9 Å². The molecule has 2 unspecified atom stereocenters. The lowest BCUT2D eigenvalue weighted by atomic mass is 10.1. The first kappa shape index (κ1) is 14.0. The van der Waals surface area contributed by atoms with Crippen LogP contribution >= 0.6 is 0 Å². The zero-order valence-corrected chi connectivity index (χ0v) is 11.4. The van der Waals surface area contributed by atoms with Gasteiger partial charge in [-0.3, -0.25) is 4.79 Å². The van der Waals surface area contributed by atoms with E-state index in [1.807, 2.05) is 0 Å². The Morgan fingerprint density at radius 3 is 2.32 bits per heavy atom. The maximum atomic E-state index is 13.1. The third-order valence-corrected chi connectivity index (χ3v) is 3.53. The number of amides is 1. The average molecular weight is 267 g/mol. The van der Waals surface area contributed by atoms with E-state index < -0.39 is 0 Å². The van der Waals surface area contributed by atoms with Gasteiger partial charge in [-0.2, -0.15) is 0 Å². The monoisotopic (exact) mass is 267 g/mol. The molecule has 0 aliphatic carbocycles. The number of likely N-dealkylation sites (tertiary alicyclic amines) is 1. The van der Waals surface area contributed by atoms with Gasteiger partial charge < -0.3 is 14.4 Å². The number of carbonyl (C=O) groups is 1. The van der Waals surface area contributed by atoms with E-state index in [9.17, 15) is 9.18 Å². The normalized spacial score (nSPS) is 22.8. The minimum atomic E-state index is -0.333. The molecule has 0 spiro atoms. The van der Waals surface area contributed by atoms with Gasteiger partial charge in [-0.1, -0.05) is 0 Å². The van der Waals surface area contributed by atoms with E-state index in [4.69, 9.17) is 9.47 Å². The fourth-order valence-electron chi connectivity index (χ4n) is 2.40. The Morgan fingerprint density at radius 2 is 1.84 bits per heavy atom. The molecule has 1 amide bonds. The van der Waals surface area contributed by atoms with Gasteiger partial charge in [-0.15, -0.1) is 0 Å². The highest BCUT2D eigenvalue weighted by atomic mass is 19.1.